The van der Waals surface area contributed by atoms with Gasteiger partial charge in [-0.1, -0.05) is 6.92 Å². The Morgan fingerprint density at radius 3 is 2.39 bits per heavy atom. The average molecular weight is 404 g/mol. The van der Waals surface area contributed by atoms with Gasteiger partial charge in [-0.25, -0.2) is 9.78 Å². The van der Waals surface area contributed by atoms with E-state index in [0.717, 1.165) is 32.5 Å². The molecule has 2 aliphatic heterocycles. The molecule has 0 bridgehead atoms. The zero-order chi connectivity index (χ0) is 20.8. The van der Waals surface area contributed by atoms with Crippen LogP contribution < -0.4 is 0 Å². The lowest BCUT2D eigenvalue weighted by atomic mass is 9.89. The molecule has 28 heavy (non-hydrogen) atoms. The molecule has 1 aromatic heterocycles. The van der Waals surface area contributed by atoms with E-state index in [1.807, 2.05) is 4.90 Å². The Morgan fingerprint density at radius 2 is 1.89 bits per heavy atom. The van der Waals surface area contributed by atoms with E-state index in [1.165, 1.54) is 6.20 Å². The maximum absolute atomic E-state index is 12.5. The molecule has 0 aliphatic carbocycles. The molecule has 0 saturated carbocycles. The van der Waals surface area contributed by atoms with E-state index >= 15 is 0 Å². The maximum atomic E-state index is 12.5. The van der Waals surface area contributed by atoms with Crippen molar-refractivity contribution in [2.75, 3.05) is 39.3 Å². The minimum absolute atomic E-state index is 0.0382. The number of morpholine rings is 1. The van der Waals surface area contributed by atoms with Gasteiger partial charge < -0.3 is 19.6 Å². The molecule has 1 amide bonds. The Labute approximate surface area is 160 Å². The van der Waals surface area contributed by atoms with E-state index in [-0.39, 0.29) is 11.5 Å². The molecule has 2 aliphatic rings. The average Bonchev–Trinajstić information content (AvgIpc) is 2.68. The Bertz CT molecular complexity index is 664. The zero-order valence-electron chi connectivity index (χ0n) is 15.5. The van der Waals surface area contributed by atoms with Crippen molar-refractivity contribution in [2.45, 2.75) is 31.5 Å². The van der Waals surface area contributed by atoms with Crippen molar-refractivity contribution >= 4 is 11.9 Å². The van der Waals surface area contributed by atoms with Gasteiger partial charge in [0.25, 0.3) is 5.91 Å². The quantitative estimate of drug-likeness (QED) is 0.797. The number of piperidine rings is 1. The summed E-state index contributed by atoms with van der Waals surface area (Å²) < 4.78 is 37.8. The number of carboxylic acids is 1. The number of hydrogen-bond donors (Lipinski definition) is 1. The Balaban J connectivity index is 0.000000345. The first kappa shape index (κ1) is 22.0. The second-order valence-corrected chi connectivity index (χ2v) is 6.59. The number of nitrogens with zero attached hydrogens (tertiary/aromatic N) is 4. The van der Waals surface area contributed by atoms with Gasteiger partial charge in [-0.2, -0.15) is 13.2 Å². The summed E-state index contributed by atoms with van der Waals surface area (Å²) in [7, 11) is 0. The van der Waals surface area contributed by atoms with Crippen LogP contribution >= 0.6 is 0 Å². The number of carbonyl (C=O) groups excluding carboxylic acids is 1. The number of rotatable bonds is 2. The summed E-state index contributed by atoms with van der Waals surface area (Å²) >= 11 is 0. The fourth-order valence-electron chi connectivity index (χ4n) is 3.17. The van der Waals surface area contributed by atoms with Crippen LogP contribution in [-0.4, -0.2) is 87.9 Å². The minimum Gasteiger partial charge on any atom is -0.475 e. The normalized spacial score (nSPS) is 19.6. The van der Waals surface area contributed by atoms with E-state index in [0.29, 0.717) is 25.4 Å². The van der Waals surface area contributed by atoms with Crippen molar-refractivity contribution in [3.63, 3.8) is 0 Å². The van der Waals surface area contributed by atoms with Crippen molar-refractivity contribution in [1.82, 2.24) is 19.8 Å². The number of aliphatic carboxylic acids is 1. The molecular weight excluding hydrogens is 381 g/mol. The van der Waals surface area contributed by atoms with Crippen LogP contribution in [0.2, 0.25) is 0 Å². The third kappa shape index (κ3) is 5.86. The summed E-state index contributed by atoms with van der Waals surface area (Å²) in [6.45, 7) is 7.27. The van der Waals surface area contributed by atoms with Crippen molar-refractivity contribution in [3.8, 4) is 0 Å². The van der Waals surface area contributed by atoms with Crippen LogP contribution in [0.1, 0.15) is 30.3 Å². The molecule has 156 valence electrons. The van der Waals surface area contributed by atoms with Crippen LogP contribution in [-0.2, 0) is 9.53 Å². The Morgan fingerprint density at radius 1 is 1.25 bits per heavy atom. The molecule has 2 fully saturated rings. The van der Waals surface area contributed by atoms with E-state index in [1.54, 1.807) is 12.4 Å². The SMILES string of the molecule is CCN1CCC2(CC1)CN(C(=O)c1cnccn1)CCO2.O=C(O)C(F)(F)F. The lowest BCUT2D eigenvalue weighted by Crippen LogP contribution is -2.58. The Hall–Kier alpha value is -2.27. The topological polar surface area (TPSA) is 95.9 Å². The third-order valence-electron chi connectivity index (χ3n) is 4.77. The fraction of sp³-hybridized carbons (Fsp3) is 0.647. The molecule has 0 aromatic carbocycles. The number of carbonyl (C=O) groups is 2. The van der Waals surface area contributed by atoms with Gasteiger partial charge in [-0.15, -0.1) is 0 Å². The van der Waals surface area contributed by atoms with Crippen LogP contribution in [0.5, 0.6) is 0 Å². The first-order chi connectivity index (χ1) is 13.2. The van der Waals surface area contributed by atoms with Gasteiger partial charge in [0.1, 0.15) is 5.69 Å². The molecule has 1 spiro atoms. The summed E-state index contributed by atoms with van der Waals surface area (Å²) in [5, 5.41) is 7.12. The van der Waals surface area contributed by atoms with Crippen LogP contribution in [0.15, 0.2) is 18.6 Å². The van der Waals surface area contributed by atoms with E-state index < -0.39 is 12.1 Å². The van der Waals surface area contributed by atoms with Crippen molar-refractivity contribution in [3.05, 3.63) is 24.3 Å². The number of carboxylic acid groups (broad SMARTS) is 1. The fourth-order valence-corrected chi connectivity index (χ4v) is 3.17. The second-order valence-electron chi connectivity index (χ2n) is 6.59. The molecule has 0 unspecified atom stereocenters. The van der Waals surface area contributed by atoms with Crippen molar-refractivity contribution in [1.29, 1.82) is 0 Å². The largest absolute Gasteiger partial charge is 0.490 e. The first-order valence-electron chi connectivity index (χ1n) is 8.88. The summed E-state index contributed by atoms with van der Waals surface area (Å²) in [4.78, 5) is 33.8. The predicted molar refractivity (Wildman–Crippen MR) is 91.7 cm³/mol. The predicted octanol–water partition coefficient (Wildman–Crippen LogP) is 1.44. The first-order valence-corrected chi connectivity index (χ1v) is 8.88. The lowest BCUT2D eigenvalue weighted by molar-refractivity contribution is -0.192. The Kier molecular flexibility index (Phi) is 7.30. The summed E-state index contributed by atoms with van der Waals surface area (Å²) in [5.74, 6) is -2.80. The molecule has 11 heteroatoms. The number of aromatic nitrogens is 2. The number of amides is 1. The zero-order valence-corrected chi connectivity index (χ0v) is 15.5. The van der Waals surface area contributed by atoms with Gasteiger partial charge in [0.15, 0.2) is 0 Å². The number of likely N-dealkylation sites (tertiary alicyclic amines) is 1. The van der Waals surface area contributed by atoms with Crippen molar-refractivity contribution in [2.24, 2.45) is 0 Å². The van der Waals surface area contributed by atoms with Gasteiger partial charge in [0.2, 0.25) is 0 Å². The summed E-state index contributed by atoms with van der Waals surface area (Å²) in [6.07, 6.45) is 1.57. The molecule has 3 rings (SSSR count). The van der Waals surface area contributed by atoms with Crippen LogP contribution in [0, 0.1) is 0 Å². The number of ether oxygens (including phenoxy) is 1. The van der Waals surface area contributed by atoms with E-state index in [4.69, 9.17) is 14.6 Å². The highest BCUT2D eigenvalue weighted by atomic mass is 19.4. The van der Waals surface area contributed by atoms with E-state index in [9.17, 15) is 18.0 Å². The number of halogens is 3. The highest BCUT2D eigenvalue weighted by Crippen LogP contribution is 2.30. The monoisotopic (exact) mass is 404 g/mol. The lowest BCUT2D eigenvalue weighted by Gasteiger charge is -2.47. The van der Waals surface area contributed by atoms with Gasteiger partial charge in [0.05, 0.1) is 24.9 Å². The smallest absolute Gasteiger partial charge is 0.475 e. The molecule has 0 atom stereocenters. The standard InChI is InChI=1S/C15H22N4O2.C2HF3O2/c1-2-18-7-3-15(4-8-18)12-19(9-10-21-15)14(20)13-11-16-5-6-17-13;3-2(4,5)1(6)7/h5-6,11H,2-4,7-10,12H2,1H3;(H,6,7). The maximum Gasteiger partial charge on any atom is 0.490 e. The highest BCUT2D eigenvalue weighted by molar-refractivity contribution is 5.92. The molecule has 1 N–H and O–H groups in total. The highest BCUT2D eigenvalue weighted by Gasteiger charge is 2.41. The molecule has 3 heterocycles. The molecule has 8 nitrogen and oxygen atoms in total. The van der Waals surface area contributed by atoms with Crippen LogP contribution in [0.25, 0.3) is 0 Å². The second kappa shape index (κ2) is 9.28. The minimum atomic E-state index is -5.08. The molecular formula is C17H23F3N4O4. The molecule has 2 saturated heterocycles. The van der Waals surface area contributed by atoms with Crippen LogP contribution in [0.3, 0.4) is 0 Å². The van der Waals surface area contributed by atoms with Crippen molar-refractivity contribution < 1.29 is 32.6 Å². The number of alkyl halides is 3. The van der Waals surface area contributed by atoms with Gasteiger partial charge in [-0.05, 0) is 19.4 Å². The van der Waals surface area contributed by atoms with Gasteiger partial charge >= 0.3 is 12.1 Å². The third-order valence-corrected chi connectivity index (χ3v) is 4.77. The van der Waals surface area contributed by atoms with Gasteiger partial charge in [0, 0.05) is 32.0 Å². The van der Waals surface area contributed by atoms with Crippen LogP contribution in [0.4, 0.5) is 13.2 Å². The summed E-state index contributed by atoms with van der Waals surface area (Å²) in [5.41, 5.74) is 0.252. The molecule has 0 radical (unpaired) electrons. The van der Waals surface area contributed by atoms with E-state index in [2.05, 4.69) is 21.8 Å². The van der Waals surface area contributed by atoms with Gasteiger partial charge in [-0.3, -0.25) is 9.78 Å². The number of hydrogen-bond acceptors (Lipinski definition) is 6. The molecule has 1 aromatic rings. The summed E-state index contributed by atoms with van der Waals surface area (Å²) in [6, 6.07) is 0.